The van der Waals surface area contributed by atoms with Gasteiger partial charge in [0.05, 0.1) is 0 Å². The van der Waals surface area contributed by atoms with Gasteiger partial charge < -0.3 is 0 Å². The summed E-state index contributed by atoms with van der Waals surface area (Å²) in [5, 5.41) is 0. The first-order chi connectivity index (χ1) is 2.80. The fraction of sp³-hybridized carbons (Fsp3) is 1.00. The Kier molecular flexibility index (Phi) is 1.31. The standard InChI is InChI=1S/C3H5.2FH.Sn.H/c1-2-3-1;;;;/h1H,2-3H2;2*1H;;/q;;;+2;/p-2. The number of hydrogen-bond donors (Lipinski definition) is 0. The van der Waals surface area contributed by atoms with Crippen molar-refractivity contribution in [3.8, 4) is 0 Å². The van der Waals surface area contributed by atoms with Crippen LogP contribution in [0.2, 0.25) is 3.93 Å². The van der Waals surface area contributed by atoms with Crippen LogP contribution in [0.15, 0.2) is 0 Å². The van der Waals surface area contributed by atoms with E-state index in [9.17, 15) is 5.73 Å². The van der Waals surface area contributed by atoms with Crippen LogP contribution in [0.5, 0.6) is 0 Å². The summed E-state index contributed by atoms with van der Waals surface area (Å²) < 4.78 is 22.8. The van der Waals surface area contributed by atoms with Gasteiger partial charge in [0.1, 0.15) is 0 Å². The molecule has 0 spiro atoms. The molecule has 0 bridgehead atoms. The van der Waals surface area contributed by atoms with E-state index < -0.39 is 20.9 Å². The molecule has 1 fully saturated rings. The van der Waals surface area contributed by atoms with Crippen molar-refractivity contribution in [2.45, 2.75) is 16.8 Å². The van der Waals surface area contributed by atoms with Gasteiger partial charge in [0.15, 0.2) is 0 Å². The summed E-state index contributed by atoms with van der Waals surface area (Å²) in [7, 11) is 0. The molecule has 0 atom stereocenters. The molecule has 0 saturated heterocycles. The van der Waals surface area contributed by atoms with Crippen LogP contribution in [0.3, 0.4) is 0 Å². The average molecular weight is 199 g/mol. The molecule has 0 nitrogen and oxygen atoms in total. The quantitative estimate of drug-likeness (QED) is 0.558. The average Bonchev–Trinajstić information content (AvgIpc) is 2.06. The first-order valence-corrected chi connectivity index (χ1v) is 6.48. The maximum atomic E-state index is 11.4. The third kappa shape index (κ3) is 1.06. The van der Waals surface area contributed by atoms with Gasteiger partial charge in [-0.25, -0.2) is 0 Å². The molecule has 0 unspecified atom stereocenters. The van der Waals surface area contributed by atoms with Crippen LogP contribution >= 0.6 is 0 Å². The summed E-state index contributed by atoms with van der Waals surface area (Å²) in [6, 6.07) is 0. The topological polar surface area (TPSA) is 0 Å². The Labute approximate surface area is 43.8 Å². The zero-order valence-electron chi connectivity index (χ0n) is 3.32. The van der Waals surface area contributed by atoms with Gasteiger partial charge in [0, 0.05) is 0 Å². The Balaban J connectivity index is 2.13. The summed E-state index contributed by atoms with van der Waals surface area (Å²) in [5.74, 6) is 0. The van der Waals surface area contributed by atoms with E-state index in [0.717, 1.165) is 12.8 Å². The number of rotatable bonds is 1. The fourth-order valence-electron chi connectivity index (χ4n) is 0.348. The second-order valence-electron chi connectivity index (χ2n) is 1.67. The van der Waals surface area contributed by atoms with E-state index in [0.29, 0.717) is 0 Å². The molecule has 1 aliphatic rings. The minimum absolute atomic E-state index is 0.0215. The molecule has 6 heavy (non-hydrogen) atoms. The maximum absolute atomic E-state index is 11.4. The summed E-state index contributed by atoms with van der Waals surface area (Å²) in [4.78, 5) is 0. The summed E-state index contributed by atoms with van der Waals surface area (Å²) in [6.07, 6.45) is 1.68. The van der Waals surface area contributed by atoms with E-state index in [4.69, 9.17) is 0 Å². The zero-order valence-corrected chi connectivity index (χ0v) is 6.62. The molecular formula is C3H6F2Sn. The van der Waals surface area contributed by atoms with Gasteiger partial charge in [-0.3, -0.25) is 0 Å². The molecule has 1 rings (SSSR count). The van der Waals surface area contributed by atoms with E-state index in [-0.39, 0.29) is 3.93 Å². The molecule has 3 heteroatoms. The molecule has 0 amide bonds. The van der Waals surface area contributed by atoms with Crippen molar-refractivity contribution in [3.63, 3.8) is 0 Å². The molecule has 0 aromatic carbocycles. The summed E-state index contributed by atoms with van der Waals surface area (Å²) in [6.45, 7) is 0. The zero-order chi connectivity index (χ0) is 4.57. The molecule has 0 radical (unpaired) electrons. The van der Waals surface area contributed by atoms with Crippen molar-refractivity contribution in [3.05, 3.63) is 0 Å². The van der Waals surface area contributed by atoms with Gasteiger partial charge >= 0.3 is 43.4 Å². The van der Waals surface area contributed by atoms with Crippen LogP contribution in [0.1, 0.15) is 12.8 Å². The van der Waals surface area contributed by atoms with Gasteiger partial charge in [-0.1, -0.05) is 0 Å². The molecule has 0 aliphatic heterocycles. The molecular weight excluding hydrogens is 193 g/mol. The van der Waals surface area contributed by atoms with E-state index in [1.807, 2.05) is 0 Å². The van der Waals surface area contributed by atoms with Gasteiger partial charge in [-0.15, -0.1) is 0 Å². The molecule has 0 heterocycles. The normalized spacial score (nSPS) is 22.5. The number of halogens is 2. The van der Waals surface area contributed by atoms with Crippen molar-refractivity contribution in [2.24, 2.45) is 0 Å². The molecule has 0 aromatic rings. The first-order valence-electron chi connectivity index (χ1n) is 2.09. The Morgan fingerprint density at radius 3 is 1.83 bits per heavy atom. The van der Waals surface area contributed by atoms with Gasteiger partial charge in [-0.05, 0) is 0 Å². The van der Waals surface area contributed by atoms with Crippen LogP contribution in [-0.2, 0) is 0 Å². The Bertz CT molecular complexity index is 50.8. The molecule has 0 N–H and O–H groups in total. The minimum atomic E-state index is -3.69. The van der Waals surface area contributed by atoms with E-state index in [2.05, 4.69) is 0 Å². The third-order valence-corrected chi connectivity index (χ3v) is 4.92. The third-order valence-electron chi connectivity index (χ3n) is 0.978. The van der Waals surface area contributed by atoms with E-state index >= 15 is 0 Å². The van der Waals surface area contributed by atoms with Crippen molar-refractivity contribution in [2.75, 3.05) is 0 Å². The molecule has 0 aromatic heterocycles. The predicted molar refractivity (Wildman–Crippen MR) is 22.3 cm³/mol. The Morgan fingerprint density at radius 2 is 1.83 bits per heavy atom. The predicted octanol–water partition coefficient (Wildman–Crippen LogP) is 1.31. The summed E-state index contributed by atoms with van der Waals surface area (Å²) in [5.41, 5.74) is 0. The fourth-order valence-corrected chi connectivity index (χ4v) is 2.34. The first kappa shape index (κ1) is 4.81. The van der Waals surface area contributed by atoms with Crippen molar-refractivity contribution >= 4 is 20.9 Å². The van der Waals surface area contributed by atoms with Gasteiger partial charge in [0.2, 0.25) is 0 Å². The van der Waals surface area contributed by atoms with Crippen LogP contribution < -0.4 is 0 Å². The SMILES string of the molecule is [F][SnH]([F])[CH]1CC1. The van der Waals surface area contributed by atoms with Gasteiger partial charge in [0.25, 0.3) is 0 Å². The summed E-state index contributed by atoms with van der Waals surface area (Å²) >= 11 is -3.69. The van der Waals surface area contributed by atoms with E-state index in [1.54, 1.807) is 0 Å². The molecule has 1 saturated carbocycles. The van der Waals surface area contributed by atoms with E-state index in [1.165, 1.54) is 0 Å². The van der Waals surface area contributed by atoms with Gasteiger partial charge in [-0.2, -0.15) is 0 Å². The van der Waals surface area contributed by atoms with Crippen LogP contribution in [0.4, 0.5) is 5.73 Å². The Morgan fingerprint density at radius 1 is 1.33 bits per heavy atom. The molecule has 36 valence electrons. The Hall–Kier alpha value is 0.659. The second-order valence-corrected chi connectivity index (χ2v) is 6.27. The van der Waals surface area contributed by atoms with Crippen molar-refractivity contribution in [1.82, 2.24) is 0 Å². The van der Waals surface area contributed by atoms with Crippen LogP contribution in [-0.4, -0.2) is 20.9 Å². The number of hydrogen-bond acceptors (Lipinski definition) is 0. The van der Waals surface area contributed by atoms with Crippen molar-refractivity contribution < 1.29 is 5.73 Å². The van der Waals surface area contributed by atoms with Crippen molar-refractivity contribution in [1.29, 1.82) is 0 Å². The molecule has 1 aliphatic carbocycles. The second kappa shape index (κ2) is 1.64. The van der Waals surface area contributed by atoms with Crippen LogP contribution in [0.25, 0.3) is 0 Å². The monoisotopic (exact) mass is 200 g/mol. The van der Waals surface area contributed by atoms with Crippen LogP contribution in [0, 0.1) is 0 Å².